The van der Waals surface area contributed by atoms with Crippen LogP contribution in [0.15, 0.2) is 18.2 Å². The summed E-state index contributed by atoms with van der Waals surface area (Å²) in [6, 6.07) is 5.65. The molecule has 2 atom stereocenters. The summed E-state index contributed by atoms with van der Waals surface area (Å²) in [4.78, 5) is 0. The SMILES string of the molecule is C[C@H](CCO)NC1CCc2cc(F)ccc21. The molecule has 0 aliphatic heterocycles. The fraction of sp³-hybridized carbons (Fsp3) is 0.538. The van der Waals surface area contributed by atoms with Crippen molar-refractivity contribution in [1.82, 2.24) is 5.32 Å². The van der Waals surface area contributed by atoms with E-state index in [4.69, 9.17) is 5.11 Å². The molecular weight excluding hydrogens is 205 g/mol. The van der Waals surface area contributed by atoms with Crippen LogP contribution in [0.4, 0.5) is 4.39 Å². The number of rotatable bonds is 4. The molecule has 0 heterocycles. The first kappa shape index (κ1) is 11.6. The first-order valence-electron chi connectivity index (χ1n) is 5.86. The van der Waals surface area contributed by atoms with Gasteiger partial charge in [-0.05, 0) is 49.4 Å². The van der Waals surface area contributed by atoms with Gasteiger partial charge in [0.15, 0.2) is 0 Å². The van der Waals surface area contributed by atoms with E-state index in [9.17, 15) is 4.39 Å². The zero-order valence-corrected chi connectivity index (χ0v) is 9.54. The van der Waals surface area contributed by atoms with Crippen LogP contribution in [0, 0.1) is 5.82 Å². The molecule has 0 saturated heterocycles. The van der Waals surface area contributed by atoms with Crippen LogP contribution < -0.4 is 5.32 Å². The van der Waals surface area contributed by atoms with Gasteiger partial charge in [0, 0.05) is 18.7 Å². The molecule has 2 nitrogen and oxygen atoms in total. The number of aliphatic hydroxyl groups excluding tert-OH is 1. The fourth-order valence-electron chi connectivity index (χ4n) is 2.38. The number of fused-ring (bicyclic) bond motifs is 1. The summed E-state index contributed by atoms with van der Waals surface area (Å²) in [5.74, 6) is -0.150. The quantitative estimate of drug-likeness (QED) is 0.820. The topological polar surface area (TPSA) is 32.3 Å². The molecule has 1 aromatic carbocycles. The summed E-state index contributed by atoms with van der Waals surface area (Å²) < 4.78 is 13.0. The first-order valence-corrected chi connectivity index (χ1v) is 5.86. The molecule has 0 aromatic heterocycles. The average Bonchev–Trinajstić information content (AvgIpc) is 2.61. The van der Waals surface area contributed by atoms with Crippen molar-refractivity contribution in [3.8, 4) is 0 Å². The summed E-state index contributed by atoms with van der Waals surface area (Å²) >= 11 is 0. The number of nitrogens with one attached hydrogen (secondary N) is 1. The number of aliphatic hydroxyl groups is 1. The van der Waals surface area contributed by atoms with Gasteiger partial charge in [-0.3, -0.25) is 0 Å². The summed E-state index contributed by atoms with van der Waals surface area (Å²) in [5.41, 5.74) is 2.33. The van der Waals surface area contributed by atoms with Gasteiger partial charge in [-0.2, -0.15) is 0 Å². The number of hydrogen-bond acceptors (Lipinski definition) is 2. The molecule has 0 spiro atoms. The van der Waals surface area contributed by atoms with Gasteiger partial charge in [-0.25, -0.2) is 4.39 Å². The molecule has 0 amide bonds. The minimum Gasteiger partial charge on any atom is -0.396 e. The van der Waals surface area contributed by atoms with E-state index < -0.39 is 0 Å². The van der Waals surface area contributed by atoms with E-state index in [0.29, 0.717) is 12.1 Å². The highest BCUT2D eigenvalue weighted by atomic mass is 19.1. The maximum atomic E-state index is 13.0. The van der Waals surface area contributed by atoms with Crippen LogP contribution in [0.25, 0.3) is 0 Å². The van der Waals surface area contributed by atoms with Crippen molar-refractivity contribution >= 4 is 0 Å². The van der Waals surface area contributed by atoms with E-state index >= 15 is 0 Å². The van der Waals surface area contributed by atoms with Crippen molar-refractivity contribution in [3.63, 3.8) is 0 Å². The van der Waals surface area contributed by atoms with Crippen molar-refractivity contribution in [2.24, 2.45) is 0 Å². The molecule has 0 saturated carbocycles. The monoisotopic (exact) mass is 223 g/mol. The van der Waals surface area contributed by atoms with Crippen LogP contribution in [-0.4, -0.2) is 17.8 Å². The highest BCUT2D eigenvalue weighted by Gasteiger charge is 2.23. The van der Waals surface area contributed by atoms with Crippen molar-refractivity contribution in [1.29, 1.82) is 0 Å². The molecular formula is C13H18FNO. The second-order valence-corrected chi connectivity index (χ2v) is 4.51. The molecule has 16 heavy (non-hydrogen) atoms. The third-order valence-electron chi connectivity index (χ3n) is 3.23. The lowest BCUT2D eigenvalue weighted by molar-refractivity contribution is 0.263. The van der Waals surface area contributed by atoms with Gasteiger partial charge in [-0.15, -0.1) is 0 Å². The predicted octanol–water partition coefficient (Wildman–Crippen LogP) is 2.17. The molecule has 88 valence electrons. The number of benzene rings is 1. The molecule has 1 aliphatic rings. The Morgan fingerprint density at radius 3 is 3.12 bits per heavy atom. The van der Waals surface area contributed by atoms with Crippen molar-refractivity contribution in [2.45, 2.75) is 38.3 Å². The third-order valence-corrected chi connectivity index (χ3v) is 3.23. The molecule has 2 rings (SSSR count). The van der Waals surface area contributed by atoms with Crippen LogP contribution in [-0.2, 0) is 6.42 Å². The third kappa shape index (κ3) is 2.42. The summed E-state index contributed by atoms with van der Waals surface area (Å²) in [7, 11) is 0. The Morgan fingerprint density at radius 2 is 2.38 bits per heavy atom. The zero-order chi connectivity index (χ0) is 11.5. The van der Waals surface area contributed by atoms with Gasteiger partial charge in [0.05, 0.1) is 0 Å². The number of halogens is 1. The van der Waals surface area contributed by atoms with Gasteiger partial charge < -0.3 is 10.4 Å². The molecule has 1 aliphatic carbocycles. The number of hydrogen-bond donors (Lipinski definition) is 2. The van der Waals surface area contributed by atoms with Gasteiger partial charge in [0.2, 0.25) is 0 Å². The van der Waals surface area contributed by atoms with E-state index in [-0.39, 0.29) is 12.4 Å². The molecule has 1 unspecified atom stereocenters. The summed E-state index contributed by atoms with van der Waals surface area (Å²) in [5, 5.41) is 12.3. The van der Waals surface area contributed by atoms with E-state index in [1.807, 2.05) is 6.07 Å². The Kier molecular flexibility index (Phi) is 3.56. The maximum Gasteiger partial charge on any atom is 0.123 e. The zero-order valence-electron chi connectivity index (χ0n) is 9.54. The van der Waals surface area contributed by atoms with Crippen molar-refractivity contribution < 1.29 is 9.50 Å². The maximum absolute atomic E-state index is 13.0. The first-order chi connectivity index (χ1) is 7.70. The van der Waals surface area contributed by atoms with E-state index in [1.54, 1.807) is 6.07 Å². The van der Waals surface area contributed by atoms with E-state index in [0.717, 1.165) is 24.8 Å². The minimum absolute atomic E-state index is 0.150. The lowest BCUT2D eigenvalue weighted by Gasteiger charge is -2.19. The highest BCUT2D eigenvalue weighted by molar-refractivity contribution is 5.35. The molecule has 3 heteroatoms. The van der Waals surface area contributed by atoms with Crippen LogP contribution in [0.5, 0.6) is 0 Å². The highest BCUT2D eigenvalue weighted by Crippen LogP contribution is 2.31. The summed E-state index contributed by atoms with van der Waals surface area (Å²) in [6.07, 6.45) is 2.72. The molecule has 0 fully saturated rings. The van der Waals surface area contributed by atoms with Crippen molar-refractivity contribution in [2.75, 3.05) is 6.61 Å². The van der Waals surface area contributed by atoms with Gasteiger partial charge >= 0.3 is 0 Å². The van der Waals surface area contributed by atoms with E-state index in [2.05, 4.69) is 12.2 Å². The van der Waals surface area contributed by atoms with Gasteiger partial charge in [0.25, 0.3) is 0 Å². The Balaban J connectivity index is 2.06. The Hall–Kier alpha value is -0.930. The van der Waals surface area contributed by atoms with Crippen LogP contribution in [0.3, 0.4) is 0 Å². The largest absolute Gasteiger partial charge is 0.396 e. The smallest absolute Gasteiger partial charge is 0.123 e. The van der Waals surface area contributed by atoms with Crippen molar-refractivity contribution in [3.05, 3.63) is 35.1 Å². The Morgan fingerprint density at radius 1 is 1.56 bits per heavy atom. The van der Waals surface area contributed by atoms with Crippen LogP contribution in [0.2, 0.25) is 0 Å². The molecule has 0 radical (unpaired) electrons. The molecule has 0 bridgehead atoms. The van der Waals surface area contributed by atoms with Crippen LogP contribution in [0.1, 0.15) is 36.9 Å². The second-order valence-electron chi connectivity index (χ2n) is 4.51. The second kappa shape index (κ2) is 4.93. The number of aryl methyl sites for hydroxylation is 1. The Bertz CT molecular complexity index is 367. The molecule has 2 N–H and O–H groups in total. The predicted molar refractivity (Wildman–Crippen MR) is 61.8 cm³/mol. The van der Waals surface area contributed by atoms with Gasteiger partial charge in [-0.1, -0.05) is 6.07 Å². The molecule has 1 aromatic rings. The van der Waals surface area contributed by atoms with Gasteiger partial charge in [0.1, 0.15) is 5.82 Å². The standard InChI is InChI=1S/C13H18FNO/c1-9(6-7-16)15-13-5-2-10-8-11(14)3-4-12(10)13/h3-4,8-9,13,15-16H,2,5-7H2,1H3/t9-,13?/m1/s1. The Labute approximate surface area is 95.5 Å². The van der Waals surface area contributed by atoms with E-state index in [1.165, 1.54) is 11.6 Å². The normalized spacial score (nSPS) is 20.8. The average molecular weight is 223 g/mol. The lowest BCUT2D eigenvalue weighted by Crippen LogP contribution is -2.30. The lowest BCUT2D eigenvalue weighted by atomic mass is 10.1. The van der Waals surface area contributed by atoms with Crippen LogP contribution >= 0.6 is 0 Å². The fourth-order valence-corrected chi connectivity index (χ4v) is 2.38. The summed E-state index contributed by atoms with van der Waals surface area (Å²) in [6.45, 7) is 2.27. The minimum atomic E-state index is -0.150.